The normalized spacial score (nSPS) is 17.3. The van der Waals surface area contributed by atoms with Crippen molar-refractivity contribution in [3.05, 3.63) is 64.7 Å². The van der Waals surface area contributed by atoms with Gasteiger partial charge >= 0.3 is 6.03 Å². The number of urea groups is 1. The molecular formula is C18H18ClN3O4S. The van der Waals surface area contributed by atoms with Crippen molar-refractivity contribution in [1.82, 2.24) is 14.9 Å². The fourth-order valence-corrected chi connectivity index (χ4v) is 4.00. The Hall–Kier alpha value is -2.58. The molecular weight excluding hydrogens is 390 g/mol. The number of nitrogens with one attached hydrogen (secondary N) is 2. The van der Waals surface area contributed by atoms with Crippen LogP contribution in [0.2, 0.25) is 5.02 Å². The van der Waals surface area contributed by atoms with Gasteiger partial charge in [0.1, 0.15) is 6.04 Å². The number of halogens is 1. The van der Waals surface area contributed by atoms with E-state index in [-0.39, 0.29) is 18.0 Å². The van der Waals surface area contributed by atoms with Gasteiger partial charge in [0.2, 0.25) is 5.91 Å². The number of nitrogens with zero attached hydrogens (tertiary/aromatic N) is 1. The van der Waals surface area contributed by atoms with Crippen LogP contribution >= 0.6 is 11.6 Å². The SMILES string of the molecule is Cc1ccc(S(=O)(=O)NC(=O)N2CCNC(=O)C2c2cccc(Cl)c2)cc1. The molecule has 1 aliphatic rings. The number of carbonyl (C=O) groups excluding carboxylic acids is 2. The van der Waals surface area contributed by atoms with Crippen molar-refractivity contribution >= 4 is 33.6 Å². The first-order chi connectivity index (χ1) is 12.8. The van der Waals surface area contributed by atoms with E-state index in [1.54, 1.807) is 36.4 Å². The molecule has 1 aliphatic heterocycles. The van der Waals surface area contributed by atoms with Gasteiger partial charge in [-0.15, -0.1) is 0 Å². The van der Waals surface area contributed by atoms with Crippen molar-refractivity contribution in [2.75, 3.05) is 13.1 Å². The van der Waals surface area contributed by atoms with Gasteiger partial charge in [-0.3, -0.25) is 4.79 Å². The Bertz CT molecular complexity index is 976. The monoisotopic (exact) mass is 407 g/mol. The summed E-state index contributed by atoms with van der Waals surface area (Å²) >= 11 is 5.99. The molecule has 1 atom stereocenters. The minimum atomic E-state index is -4.06. The first kappa shape index (κ1) is 19.2. The zero-order chi connectivity index (χ0) is 19.6. The van der Waals surface area contributed by atoms with Crippen molar-refractivity contribution in [3.8, 4) is 0 Å². The van der Waals surface area contributed by atoms with Gasteiger partial charge < -0.3 is 10.2 Å². The molecule has 2 aromatic carbocycles. The van der Waals surface area contributed by atoms with Crippen LogP contribution in [0.1, 0.15) is 17.2 Å². The Kier molecular flexibility index (Phi) is 5.38. The highest BCUT2D eigenvalue weighted by Gasteiger charge is 2.36. The maximum Gasteiger partial charge on any atom is 0.332 e. The molecule has 3 amide bonds. The highest BCUT2D eigenvalue weighted by Crippen LogP contribution is 2.26. The van der Waals surface area contributed by atoms with Gasteiger partial charge in [-0.1, -0.05) is 41.4 Å². The van der Waals surface area contributed by atoms with Crippen molar-refractivity contribution in [3.63, 3.8) is 0 Å². The van der Waals surface area contributed by atoms with E-state index < -0.39 is 28.0 Å². The van der Waals surface area contributed by atoms with Gasteiger partial charge in [0.25, 0.3) is 10.0 Å². The van der Waals surface area contributed by atoms with Crippen LogP contribution in [0.3, 0.4) is 0 Å². The molecule has 1 saturated heterocycles. The molecule has 9 heteroatoms. The zero-order valence-corrected chi connectivity index (χ0v) is 16.0. The average Bonchev–Trinajstić information content (AvgIpc) is 2.61. The van der Waals surface area contributed by atoms with Crippen LogP contribution < -0.4 is 10.0 Å². The second-order valence-corrected chi connectivity index (χ2v) is 8.28. The topological polar surface area (TPSA) is 95.6 Å². The number of aryl methyl sites for hydroxylation is 1. The maximum atomic E-state index is 12.7. The van der Waals surface area contributed by atoms with Crippen molar-refractivity contribution in [2.24, 2.45) is 0 Å². The van der Waals surface area contributed by atoms with Crippen molar-refractivity contribution < 1.29 is 18.0 Å². The highest BCUT2D eigenvalue weighted by molar-refractivity contribution is 7.90. The molecule has 3 rings (SSSR count). The Morgan fingerprint density at radius 2 is 1.93 bits per heavy atom. The van der Waals surface area contributed by atoms with E-state index in [9.17, 15) is 18.0 Å². The number of rotatable bonds is 3. The molecule has 142 valence electrons. The summed E-state index contributed by atoms with van der Waals surface area (Å²) in [6.07, 6.45) is 0. The molecule has 0 spiro atoms. The predicted octanol–water partition coefficient (Wildman–Crippen LogP) is 2.22. The van der Waals surface area contributed by atoms with Crippen molar-refractivity contribution in [1.29, 1.82) is 0 Å². The van der Waals surface area contributed by atoms with Gasteiger partial charge in [-0.2, -0.15) is 0 Å². The third-order valence-electron chi connectivity index (χ3n) is 4.19. The minimum Gasteiger partial charge on any atom is -0.352 e. The number of sulfonamides is 1. The van der Waals surface area contributed by atoms with E-state index in [0.717, 1.165) is 5.56 Å². The quantitative estimate of drug-likeness (QED) is 0.815. The standard InChI is InChI=1S/C18H18ClN3O4S/c1-12-5-7-15(8-6-12)27(25,26)21-18(24)22-10-9-20-17(23)16(22)13-3-2-4-14(19)11-13/h2-8,11,16H,9-10H2,1H3,(H,20,23)(H,21,24). The molecule has 0 aliphatic carbocycles. The van der Waals surface area contributed by atoms with E-state index in [2.05, 4.69) is 5.32 Å². The van der Waals surface area contributed by atoms with Crippen LogP contribution in [0.4, 0.5) is 4.79 Å². The summed E-state index contributed by atoms with van der Waals surface area (Å²) in [6.45, 7) is 2.23. The van der Waals surface area contributed by atoms with E-state index in [1.165, 1.54) is 17.0 Å². The summed E-state index contributed by atoms with van der Waals surface area (Å²) in [5.41, 5.74) is 1.40. The molecule has 2 N–H and O–H groups in total. The molecule has 0 saturated carbocycles. The van der Waals surface area contributed by atoms with Crippen LogP contribution in [0.25, 0.3) is 0 Å². The molecule has 0 radical (unpaired) electrons. The molecule has 0 aromatic heterocycles. The van der Waals surface area contributed by atoms with Crippen LogP contribution in [0.5, 0.6) is 0 Å². The van der Waals surface area contributed by atoms with E-state index in [0.29, 0.717) is 10.6 Å². The lowest BCUT2D eigenvalue weighted by Gasteiger charge is -2.35. The summed E-state index contributed by atoms with van der Waals surface area (Å²) in [5, 5.41) is 3.10. The summed E-state index contributed by atoms with van der Waals surface area (Å²) in [7, 11) is -4.06. The Morgan fingerprint density at radius 1 is 1.22 bits per heavy atom. The molecule has 2 aromatic rings. The third-order valence-corrected chi connectivity index (χ3v) is 5.76. The Labute approximate surface area is 162 Å². The number of benzene rings is 2. The lowest BCUT2D eigenvalue weighted by molar-refractivity contribution is -0.127. The molecule has 1 heterocycles. The van der Waals surface area contributed by atoms with Crippen LogP contribution in [-0.4, -0.2) is 38.3 Å². The number of carbonyl (C=O) groups is 2. The molecule has 1 fully saturated rings. The lowest BCUT2D eigenvalue weighted by Crippen LogP contribution is -2.55. The summed E-state index contributed by atoms with van der Waals surface area (Å²) in [6, 6.07) is 10.8. The third kappa shape index (κ3) is 4.23. The fourth-order valence-electron chi connectivity index (χ4n) is 2.84. The second kappa shape index (κ2) is 7.58. The number of hydrogen-bond acceptors (Lipinski definition) is 4. The van der Waals surface area contributed by atoms with Gasteiger partial charge in [0, 0.05) is 18.1 Å². The van der Waals surface area contributed by atoms with Crippen molar-refractivity contribution in [2.45, 2.75) is 17.9 Å². The smallest absolute Gasteiger partial charge is 0.332 e. The van der Waals surface area contributed by atoms with E-state index >= 15 is 0 Å². The zero-order valence-electron chi connectivity index (χ0n) is 14.5. The first-order valence-electron chi connectivity index (χ1n) is 8.21. The molecule has 0 bridgehead atoms. The average molecular weight is 408 g/mol. The number of amides is 3. The largest absolute Gasteiger partial charge is 0.352 e. The van der Waals surface area contributed by atoms with Gasteiger partial charge in [-0.25, -0.2) is 17.9 Å². The van der Waals surface area contributed by atoms with Gasteiger partial charge in [0.05, 0.1) is 4.90 Å². The van der Waals surface area contributed by atoms with Gasteiger partial charge in [-0.05, 0) is 36.8 Å². The predicted molar refractivity (Wildman–Crippen MR) is 101 cm³/mol. The molecule has 27 heavy (non-hydrogen) atoms. The first-order valence-corrected chi connectivity index (χ1v) is 10.1. The number of piperazine rings is 1. The van der Waals surface area contributed by atoms with E-state index in [4.69, 9.17) is 11.6 Å². The summed E-state index contributed by atoms with van der Waals surface area (Å²) in [4.78, 5) is 26.2. The fraction of sp³-hybridized carbons (Fsp3) is 0.222. The number of hydrogen-bond donors (Lipinski definition) is 2. The summed E-state index contributed by atoms with van der Waals surface area (Å²) in [5.74, 6) is -0.397. The minimum absolute atomic E-state index is 0.0257. The van der Waals surface area contributed by atoms with Crippen LogP contribution in [0, 0.1) is 6.92 Å². The van der Waals surface area contributed by atoms with Crippen LogP contribution in [-0.2, 0) is 14.8 Å². The maximum absolute atomic E-state index is 12.7. The molecule has 7 nitrogen and oxygen atoms in total. The van der Waals surface area contributed by atoms with Gasteiger partial charge in [0.15, 0.2) is 0 Å². The summed E-state index contributed by atoms with van der Waals surface area (Å²) < 4.78 is 27.0. The Balaban J connectivity index is 1.87. The lowest BCUT2D eigenvalue weighted by atomic mass is 10.0. The second-order valence-electron chi connectivity index (χ2n) is 6.17. The van der Waals surface area contributed by atoms with E-state index in [1.807, 2.05) is 11.6 Å². The van der Waals surface area contributed by atoms with Crippen LogP contribution in [0.15, 0.2) is 53.4 Å². The Morgan fingerprint density at radius 3 is 2.59 bits per heavy atom. The molecule has 1 unspecified atom stereocenters. The highest BCUT2D eigenvalue weighted by atomic mass is 35.5.